The molecule has 0 unspecified atom stereocenters. The lowest BCUT2D eigenvalue weighted by Crippen LogP contribution is -2.03. The Morgan fingerprint density at radius 2 is 2.09 bits per heavy atom. The van der Waals surface area contributed by atoms with E-state index < -0.39 is 0 Å². The summed E-state index contributed by atoms with van der Waals surface area (Å²) in [7, 11) is 0. The van der Waals surface area contributed by atoms with Crippen molar-refractivity contribution in [1.29, 1.82) is 0 Å². The molecule has 3 rings (SSSR count). The summed E-state index contributed by atoms with van der Waals surface area (Å²) in [6, 6.07) is 16.3. The van der Waals surface area contributed by atoms with Crippen molar-refractivity contribution in [1.82, 2.24) is 9.55 Å². The Morgan fingerprint density at radius 1 is 1.22 bits per heavy atom. The van der Waals surface area contributed by atoms with Crippen molar-refractivity contribution in [3.05, 3.63) is 66.7 Å². The molecule has 0 saturated carbocycles. The second-order valence-corrected chi connectivity index (χ2v) is 6.36. The number of ether oxygens (including phenoxy) is 1. The lowest BCUT2D eigenvalue weighted by Gasteiger charge is -2.08. The zero-order valence-electron chi connectivity index (χ0n) is 13.2. The zero-order valence-corrected chi connectivity index (χ0v) is 14.1. The summed E-state index contributed by atoms with van der Waals surface area (Å²) in [4.78, 5) is 4.71. The number of nitrogens with zero attached hydrogens (tertiary/aromatic N) is 2. The third-order valence-corrected chi connectivity index (χ3v) is 4.44. The smallest absolute Gasteiger partial charge is 0.169 e. The number of imidazole rings is 1. The summed E-state index contributed by atoms with van der Waals surface area (Å²) in [5, 5.41) is 1.01. The van der Waals surface area contributed by atoms with E-state index in [-0.39, 0.29) is 0 Å². The average Bonchev–Trinajstić information content (AvgIpc) is 2.90. The van der Waals surface area contributed by atoms with Crippen LogP contribution in [0.15, 0.2) is 66.3 Å². The van der Waals surface area contributed by atoms with Crippen molar-refractivity contribution in [3.63, 3.8) is 0 Å². The molecule has 23 heavy (non-hydrogen) atoms. The lowest BCUT2D eigenvalue weighted by molar-refractivity contribution is 0.343. The van der Waals surface area contributed by atoms with Gasteiger partial charge in [-0.25, -0.2) is 4.98 Å². The number of rotatable bonds is 7. The van der Waals surface area contributed by atoms with Crippen LogP contribution in [0.5, 0.6) is 5.75 Å². The van der Waals surface area contributed by atoms with Crippen LogP contribution >= 0.6 is 11.8 Å². The molecule has 2 aromatic carbocycles. The molecule has 3 aromatic rings. The number of allylic oxidation sites excluding steroid dienone is 1. The molecule has 0 bridgehead atoms. The van der Waals surface area contributed by atoms with Crippen LogP contribution in [0.1, 0.15) is 5.56 Å². The van der Waals surface area contributed by atoms with Crippen LogP contribution in [0, 0.1) is 6.92 Å². The average molecular weight is 324 g/mol. The first kappa shape index (κ1) is 15.7. The highest BCUT2D eigenvalue weighted by atomic mass is 32.2. The number of hydrogen-bond donors (Lipinski definition) is 0. The predicted molar refractivity (Wildman–Crippen MR) is 97.3 cm³/mol. The first-order chi connectivity index (χ1) is 11.3. The monoisotopic (exact) mass is 324 g/mol. The molecular formula is C19H20N2OS. The fourth-order valence-corrected chi connectivity index (χ4v) is 3.31. The topological polar surface area (TPSA) is 27.1 Å². The molecule has 0 aliphatic carbocycles. The summed E-state index contributed by atoms with van der Waals surface area (Å²) >= 11 is 1.72. The van der Waals surface area contributed by atoms with Gasteiger partial charge in [-0.15, -0.1) is 6.58 Å². The third kappa shape index (κ3) is 3.77. The van der Waals surface area contributed by atoms with Gasteiger partial charge in [-0.3, -0.25) is 0 Å². The van der Waals surface area contributed by atoms with Crippen molar-refractivity contribution < 1.29 is 4.74 Å². The maximum absolute atomic E-state index is 5.80. The molecule has 0 atom stereocenters. The number of hydrogen-bond acceptors (Lipinski definition) is 3. The summed E-state index contributed by atoms with van der Waals surface area (Å²) in [6.07, 6.45) is 1.90. The summed E-state index contributed by atoms with van der Waals surface area (Å²) in [6.45, 7) is 7.34. The van der Waals surface area contributed by atoms with E-state index in [1.54, 1.807) is 11.8 Å². The largest absolute Gasteiger partial charge is 0.493 e. The summed E-state index contributed by atoms with van der Waals surface area (Å²) in [5.41, 5.74) is 3.38. The standard InChI is InChI=1S/C19H20N2OS/c1-3-11-21-18-10-5-4-9-17(18)20-19(21)23-13-12-22-16-8-6-7-15(2)14-16/h3-10,14H,1,11-13H2,2H3. The van der Waals surface area contributed by atoms with Crippen LogP contribution in [0.4, 0.5) is 0 Å². The Morgan fingerprint density at radius 3 is 2.91 bits per heavy atom. The minimum absolute atomic E-state index is 0.658. The molecule has 118 valence electrons. The second kappa shape index (κ2) is 7.38. The van der Waals surface area contributed by atoms with Gasteiger partial charge < -0.3 is 9.30 Å². The van der Waals surface area contributed by atoms with E-state index >= 15 is 0 Å². The van der Waals surface area contributed by atoms with E-state index in [4.69, 9.17) is 9.72 Å². The van der Waals surface area contributed by atoms with E-state index in [0.717, 1.165) is 34.2 Å². The van der Waals surface area contributed by atoms with Gasteiger partial charge in [-0.2, -0.15) is 0 Å². The van der Waals surface area contributed by atoms with Crippen LogP contribution in [0.3, 0.4) is 0 Å². The quantitative estimate of drug-likeness (QED) is 0.358. The highest BCUT2D eigenvalue weighted by Gasteiger charge is 2.09. The maximum atomic E-state index is 5.80. The number of aryl methyl sites for hydroxylation is 1. The molecule has 0 saturated heterocycles. The highest BCUT2D eigenvalue weighted by molar-refractivity contribution is 7.99. The van der Waals surface area contributed by atoms with Gasteiger partial charge in [0.15, 0.2) is 5.16 Å². The van der Waals surface area contributed by atoms with Crippen LogP contribution in [0.2, 0.25) is 0 Å². The number of thioether (sulfide) groups is 1. The molecule has 0 radical (unpaired) electrons. The Kier molecular flexibility index (Phi) is 5.03. The van der Waals surface area contributed by atoms with Gasteiger partial charge >= 0.3 is 0 Å². The molecule has 3 nitrogen and oxygen atoms in total. The van der Waals surface area contributed by atoms with Crippen molar-refractivity contribution in [3.8, 4) is 5.75 Å². The first-order valence-corrected chi connectivity index (χ1v) is 8.65. The van der Waals surface area contributed by atoms with Gasteiger partial charge in [0.25, 0.3) is 0 Å². The molecule has 0 amide bonds. The molecule has 0 aliphatic rings. The Hall–Kier alpha value is -2.20. The lowest BCUT2D eigenvalue weighted by atomic mass is 10.2. The van der Waals surface area contributed by atoms with E-state index in [2.05, 4.69) is 36.3 Å². The molecule has 0 N–H and O–H groups in total. The Labute approximate surface area is 141 Å². The molecular weight excluding hydrogens is 304 g/mol. The fourth-order valence-electron chi connectivity index (χ4n) is 2.47. The van der Waals surface area contributed by atoms with Crippen molar-refractivity contribution >= 4 is 22.8 Å². The minimum atomic E-state index is 0.658. The van der Waals surface area contributed by atoms with E-state index in [1.165, 1.54) is 5.56 Å². The zero-order chi connectivity index (χ0) is 16.1. The van der Waals surface area contributed by atoms with Crippen LogP contribution in [0.25, 0.3) is 11.0 Å². The van der Waals surface area contributed by atoms with Crippen molar-refractivity contribution in [2.24, 2.45) is 0 Å². The maximum Gasteiger partial charge on any atom is 0.169 e. The Bertz CT molecular complexity index is 810. The van der Waals surface area contributed by atoms with Crippen LogP contribution < -0.4 is 4.74 Å². The predicted octanol–water partition coefficient (Wildman–Crippen LogP) is 4.70. The van der Waals surface area contributed by atoms with Gasteiger partial charge in [0.2, 0.25) is 0 Å². The molecule has 1 heterocycles. The number of aromatic nitrogens is 2. The molecule has 4 heteroatoms. The van der Waals surface area contributed by atoms with Gasteiger partial charge in [0.05, 0.1) is 17.6 Å². The van der Waals surface area contributed by atoms with Crippen LogP contribution in [-0.4, -0.2) is 21.9 Å². The highest BCUT2D eigenvalue weighted by Crippen LogP contribution is 2.24. The molecule has 0 aliphatic heterocycles. The molecule has 1 aromatic heterocycles. The van der Waals surface area contributed by atoms with E-state index in [1.807, 2.05) is 36.4 Å². The van der Waals surface area contributed by atoms with Gasteiger partial charge in [0, 0.05) is 12.3 Å². The second-order valence-electron chi connectivity index (χ2n) is 5.30. The first-order valence-electron chi connectivity index (χ1n) is 7.66. The van der Waals surface area contributed by atoms with Crippen molar-refractivity contribution in [2.75, 3.05) is 12.4 Å². The number of para-hydroxylation sites is 2. The van der Waals surface area contributed by atoms with Crippen molar-refractivity contribution in [2.45, 2.75) is 18.6 Å². The van der Waals surface area contributed by atoms with Gasteiger partial charge in [-0.05, 0) is 36.8 Å². The van der Waals surface area contributed by atoms with E-state index in [9.17, 15) is 0 Å². The minimum Gasteiger partial charge on any atom is -0.493 e. The van der Waals surface area contributed by atoms with Gasteiger partial charge in [0.1, 0.15) is 5.75 Å². The molecule has 0 spiro atoms. The van der Waals surface area contributed by atoms with E-state index in [0.29, 0.717) is 6.61 Å². The Balaban J connectivity index is 1.64. The SMILES string of the molecule is C=CCn1c(SCCOc2cccc(C)c2)nc2ccccc21. The summed E-state index contributed by atoms with van der Waals surface area (Å²) < 4.78 is 8.00. The fraction of sp³-hybridized carbons (Fsp3) is 0.211. The number of fused-ring (bicyclic) bond motifs is 1. The summed E-state index contributed by atoms with van der Waals surface area (Å²) in [5.74, 6) is 1.78. The normalized spacial score (nSPS) is 10.8. The van der Waals surface area contributed by atoms with Gasteiger partial charge in [-0.1, -0.05) is 42.1 Å². The third-order valence-electron chi connectivity index (χ3n) is 3.50. The van der Waals surface area contributed by atoms with Crippen LogP contribution in [-0.2, 0) is 6.54 Å². The molecule has 0 fully saturated rings. The number of benzene rings is 2.